The third kappa shape index (κ3) is 3.89. The minimum absolute atomic E-state index is 0.187. The van der Waals surface area contributed by atoms with Crippen molar-refractivity contribution in [1.82, 2.24) is 19.2 Å². The highest BCUT2D eigenvalue weighted by molar-refractivity contribution is 7.88. The van der Waals surface area contributed by atoms with Crippen LogP contribution in [0.5, 0.6) is 0 Å². The number of aromatic nitrogens is 2. The highest BCUT2D eigenvalue weighted by atomic mass is 32.2. The van der Waals surface area contributed by atoms with Crippen molar-refractivity contribution >= 4 is 38.2 Å². The first-order valence-corrected chi connectivity index (χ1v) is 10.0. The number of nitrogens with one attached hydrogen (secondary N) is 1. The van der Waals surface area contributed by atoms with Crippen molar-refractivity contribution in [2.45, 2.75) is 0 Å². The fraction of sp³-hybridized carbons (Fsp3) is 0.357. The van der Waals surface area contributed by atoms with Crippen LogP contribution >= 0.6 is 11.3 Å². The van der Waals surface area contributed by atoms with Gasteiger partial charge in [-0.05, 0) is 12.1 Å². The molecule has 1 N–H and O–H groups in total. The first-order chi connectivity index (χ1) is 11.4. The van der Waals surface area contributed by atoms with E-state index in [9.17, 15) is 13.2 Å². The second kappa shape index (κ2) is 6.83. The summed E-state index contributed by atoms with van der Waals surface area (Å²) in [6, 6.07) is 5.49. The second-order valence-corrected chi connectivity index (χ2v) is 8.17. The maximum absolute atomic E-state index is 12.5. The average Bonchev–Trinajstić information content (AvgIpc) is 3.03. The molecule has 0 saturated carbocycles. The molecule has 3 rings (SSSR count). The predicted octanol–water partition coefficient (Wildman–Crippen LogP) is 0.999. The maximum Gasteiger partial charge on any atom is 0.273 e. The summed E-state index contributed by atoms with van der Waals surface area (Å²) in [5.74, 6) is 0.473. The quantitative estimate of drug-likeness (QED) is 0.866. The van der Waals surface area contributed by atoms with Gasteiger partial charge >= 0.3 is 0 Å². The van der Waals surface area contributed by atoms with E-state index in [1.54, 1.807) is 16.5 Å². The van der Waals surface area contributed by atoms with Crippen molar-refractivity contribution in [1.29, 1.82) is 0 Å². The molecule has 0 atom stereocenters. The SMILES string of the molecule is CS(=O)(=O)N1CCN(C(=O)c2csc(Nc3ccccn3)n2)CC1. The molecule has 1 aliphatic heterocycles. The summed E-state index contributed by atoms with van der Waals surface area (Å²) in [4.78, 5) is 22.5. The first kappa shape index (κ1) is 16.8. The molecular formula is C14H17N5O3S2. The average molecular weight is 367 g/mol. The van der Waals surface area contributed by atoms with Crippen molar-refractivity contribution < 1.29 is 13.2 Å². The topological polar surface area (TPSA) is 95.5 Å². The number of hydrogen-bond acceptors (Lipinski definition) is 7. The molecule has 1 saturated heterocycles. The van der Waals surface area contributed by atoms with E-state index < -0.39 is 10.0 Å². The predicted molar refractivity (Wildman–Crippen MR) is 92.0 cm³/mol. The van der Waals surface area contributed by atoms with Gasteiger partial charge in [0.05, 0.1) is 6.26 Å². The molecule has 2 aromatic rings. The van der Waals surface area contributed by atoms with Crippen LogP contribution in [0.1, 0.15) is 10.5 Å². The number of anilines is 2. The fourth-order valence-corrected chi connectivity index (χ4v) is 3.88. The summed E-state index contributed by atoms with van der Waals surface area (Å²) in [5.41, 5.74) is 0.353. The Morgan fingerprint density at radius 2 is 2.00 bits per heavy atom. The van der Waals surface area contributed by atoms with E-state index in [1.807, 2.05) is 18.2 Å². The zero-order chi connectivity index (χ0) is 17.2. The van der Waals surface area contributed by atoms with Gasteiger partial charge in [-0.3, -0.25) is 4.79 Å². The molecule has 0 aliphatic carbocycles. The lowest BCUT2D eigenvalue weighted by Crippen LogP contribution is -2.50. The third-order valence-electron chi connectivity index (χ3n) is 3.62. The van der Waals surface area contributed by atoms with Gasteiger partial charge in [-0.25, -0.2) is 18.4 Å². The standard InChI is InChI=1S/C14H17N5O3S2/c1-24(21,22)19-8-6-18(7-9-19)13(20)11-10-23-14(16-11)17-12-4-2-3-5-15-12/h2-5,10H,6-9H2,1H3,(H,15,16,17). The van der Waals surface area contributed by atoms with E-state index in [0.29, 0.717) is 42.8 Å². The van der Waals surface area contributed by atoms with Crippen LogP contribution in [0.25, 0.3) is 0 Å². The monoisotopic (exact) mass is 367 g/mol. The molecule has 0 radical (unpaired) electrons. The molecule has 3 heterocycles. The molecule has 2 aromatic heterocycles. The molecule has 128 valence electrons. The number of amides is 1. The second-order valence-electron chi connectivity index (χ2n) is 5.33. The molecule has 1 aliphatic rings. The molecule has 1 fully saturated rings. The maximum atomic E-state index is 12.5. The van der Waals surface area contributed by atoms with Crippen LogP contribution in [-0.4, -0.2) is 65.9 Å². The van der Waals surface area contributed by atoms with E-state index in [-0.39, 0.29) is 5.91 Å². The Labute approximate surface area is 144 Å². The molecular weight excluding hydrogens is 350 g/mol. The fourth-order valence-electron chi connectivity index (χ4n) is 2.36. The first-order valence-electron chi connectivity index (χ1n) is 7.31. The van der Waals surface area contributed by atoms with Crippen LogP contribution in [-0.2, 0) is 10.0 Å². The Balaban J connectivity index is 1.62. The summed E-state index contributed by atoms with van der Waals surface area (Å²) in [5, 5.41) is 5.33. The number of nitrogens with zero attached hydrogens (tertiary/aromatic N) is 4. The van der Waals surface area contributed by atoms with Crippen LogP contribution in [0, 0.1) is 0 Å². The van der Waals surface area contributed by atoms with Gasteiger partial charge in [-0.1, -0.05) is 6.07 Å². The van der Waals surface area contributed by atoms with Gasteiger partial charge in [-0.2, -0.15) is 4.31 Å². The normalized spacial score (nSPS) is 16.1. The van der Waals surface area contributed by atoms with Gasteiger partial charge in [0, 0.05) is 37.8 Å². The number of carbonyl (C=O) groups excluding carboxylic acids is 1. The van der Waals surface area contributed by atoms with Gasteiger partial charge < -0.3 is 10.2 Å². The highest BCUT2D eigenvalue weighted by Gasteiger charge is 2.27. The Kier molecular flexibility index (Phi) is 4.78. The van der Waals surface area contributed by atoms with Gasteiger partial charge in [0.2, 0.25) is 10.0 Å². The molecule has 1 amide bonds. The number of hydrogen-bond donors (Lipinski definition) is 1. The van der Waals surface area contributed by atoms with Crippen LogP contribution in [0.2, 0.25) is 0 Å². The van der Waals surface area contributed by atoms with Crippen molar-refractivity contribution in [2.24, 2.45) is 0 Å². The number of rotatable bonds is 4. The summed E-state index contributed by atoms with van der Waals surface area (Å²) < 4.78 is 24.4. The van der Waals surface area contributed by atoms with Crippen molar-refractivity contribution in [3.05, 3.63) is 35.5 Å². The Morgan fingerprint density at radius 1 is 1.25 bits per heavy atom. The van der Waals surface area contributed by atoms with Crippen LogP contribution in [0.3, 0.4) is 0 Å². The molecule has 24 heavy (non-hydrogen) atoms. The lowest BCUT2D eigenvalue weighted by molar-refractivity contribution is 0.0693. The van der Waals surface area contributed by atoms with E-state index in [0.717, 1.165) is 0 Å². The minimum Gasteiger partial charge on any atom is -0.335 e. The van der Waals surface area contributed by atoms with Crippen LogP contribution < -0.4 is 5.32 Å². The van der Waals surface area contributed by atoms with E-state index >= 15 is 0 Å². The molecule has 10 heteroatoms. The summed E-state index contributed by atoms with van der Waals surface area (Å²) in [7, 11) is -3.21. The molecule has 0 unspecified atom stereocenters. The van der Waals surface area contributed by atoms with Crippen LogP contribution in [0.4, 0.5) is 10.9 Å². The minimum atomic E-state index is -3.21. The van der Waals surface area contributed by atoms with Crippen molar-refractivity contribution in [3.63, 3.8) is 0 Å². The summed E-state index contributed by atoms with van der Waals surface area (Å²) in [6.07, 6.45) is 2.85. The Morgan fingerprint density at radius 3 is 2.62 bits per heavy atom. The van der Waals surface area contributed by atoms with E-state index in [1.165, 1.54) is 21.9 Å². The number of sulfonamides is 1. The zero-order valence-electron chi connectivity index (χ0n) is 13.0. The van der Waals surface area contributed by atoms with Gasteiger partial charge in [0.1, 0.15) is 11.5 Å². The lowest BCUT2D eigenvalue weighted by Gasteiger charge is -2.32. The smallest absolute Gasteiger partial charge is 0.273 e. The number of pyridine rings is 1. The molecule has 0 bridgehead atoms. The number of carbonyl (C=O) groups is 1. The number of piperazine rings is 1. The summed E-state index contributed by atoms with van der Waals surface area (Å²) >= 11 is 1.33. The Hall–Kier alpha value is -2.04. The van der Waals surface area contributed by atoms with Crippen LogP contribution in [0.15, 0.2) is 29.8 Å². The van der Waals surface area contributed by atoms with Gasteiger partial charge in [0.15, 0.2) is 5.13 Å². The largest absolute Gasteiger partial charge is 0.335 e. The summed E-state index contributed by atoms with van der Waals surface area (Å²) in [6.45, 7) is 1.36. The molecule has 0 aromatic carbocycles. The van der Waals surface area contributed by atoms with E-state index in [4.69, 9.17) is 0 Å². The van der Waals surface area contributed by atoms with Crippen molar-refractivity contribution in [3.8, 4) is 0 Å². The van der Waals surface area contributed by atoms with Gasteiger partial charge in [0.25, 0.3) is 5.91 Å². The molecule has 8 nitrogen and oxygen atoms in total. The zero-order valence-corrected chi connectivity index (χ0v) is 14.7. The third-order valence-corrected chi connectivity index (χ3v) is 5.68. The van der Waals surface area contributed by atoms with Gasteiger partial charge in [-0.15, -0.1) is 11.3 Å². The highest BCUT2D eigenvalue weighted by Crippen LogP contribution is 2.21. The number of thiazole rings is 1. The molecule has 0 spiro atoms. The Bertz CT molecular complexity index is 814. The van der Waals surface area contributed by atoms with Crippen molar-refractivity contribution in [2.75, 3.05) is 37.8 Å². The lowest BCUT2D eigenvalue weighted by atomic mass is 10.3. The van der Waals surface area contributed by atoms with E-state index in [2.05, 4.69) is 15.3 Å².